The number of nitrogens with zero attached hydrogens (tertiary/aromatic N) is 2. The summed E-state index contributed by atoms with van der Waals surface area (Å²) < 4.78 is 0. The zero-order chi connectivity index (χ0) is 15.9. The van der Waals surface area contributed by atoms with Gasteiger partial charge in [-0.2, -0.15) is 0 Å². The van der Waals surface area contributed by atoms with Gasteiger partial charge < -0.3 is 10.6 Å². The van der Waals surface area contributed by atoms with Crippen LogP contribution in [0.5, 0.6) is 0 Å². The van der Waals surface area contributed by atoms with Crippen molar-refractivity contribution in [3.63, 3.8) is 0 Å². The molecule has 0 saturated carbocycles. The van der Waals surface area contributed by atoms with E-state index in [2.05, 4.69) is 49.1 Å². The number of hydrogen-bond donors (Lipinski definition) is 1. The van der Waals surface area contributed by atoms with Gasteiger partial charge in [0.05, 0.1) is 6.54 Å². The molecule has 0 bridgehead atoms. The van der Waals surface area contributed by atoms with Crippen molar-refractivity contribution in [1.82, 2.24) is 9.80 Å². The normalized spacial score (nSPS) is 19.0. The van der Waals surface area contributed by atoms with Gasteiger partial charge in [0.2, 0.25) is 5.91 Å². The van der Waals surface area contributed by atoms with Gasteiger partial charge in [-0.1, -0.05) is 30.3 Å². The molecule has 1 aromatic rings. The fraction of sp³-hybridized carbons (Fsp3) is 0.611. The van der Waals surface area contributed by atoms with Crippen LogP contribution in [-0.4, -0.2) is 47.9 Å². The first kappa shape index (κ1) is 17.0. The third kappa shape index (κ3) is 4.82. The molecule has 4 heteroatoms. The first-order valence-corrected chi connectivity index (χ1v) is 8.36. The van der Waals surface area contributed by atoms with Crippen molar-refractivity contribution in [3.8, 4) is 0 Å². The number of rotatable bonds is 6. The van der Waals surface area contributed by atoms with Crippen LogP contribution in [-0.2, 0) is 11.3 Å². The van der Waals surface area contributed by atoms with Crippen LogP contribution in [0.25, 0.3) is 0 Å². The second-order valence-electron chi connectivity index (χ2n) is 6.56. The zero-order valence-corrected chi connectivity index (χ0v) is 13.9. The molecule has 122 valence electrons. The Kier molecular flexibility index (Phi) is 6.40. The van der Waals surface area contributed by atoms with Crippen molar-refractivity contribution in [2.45, 2.75) is 39.3 Å². The van der Waals surface area contributed by atoms with Gasteiger partial charge in [-0.15, -0.1) is 0 Å². The average Bonchev–Trinajstić information content (AvgIpc) is 2.54. The third-order valence-corrected chi connectivity index (χ3v) is 4.50. The number of benzene rings is 1. The van der Waals surface area contributed by atoms with Crippen molar-refractivity contribution in [2.24, 2.45) is 11.7 Å². The highest BCUT2D eigenvalue weighted by atomic mass is 16.2. The summed E-state index contributed by atoms with van der Waals surface area (Å²) in [7, 11) is 0. The fourth-order valence-electron chi connectivity index (χ4n) is 3.18. The molecule has 2 rings (SSSR count). The highest BCUT2D eigenvalue weighted by Crippen LogP contribution is 2.20. The maximum atomic E-state index is 11.8. The van der Waals surface area contributed by atoms with Crippen molar-refractivity contribution in [1.29, 1.82) is 0 Å². The molecule has 2 N–H and O–H groups in total. The Hall–Kier alpha value is -1.39. The van der Waals surface area contributed by atoms with Gasteiger partial charge >= 0.3 is 0 Å². The van der Waals surface area contributed by atoms with Gasteiger partial charge in [-0.05, 0) is 38.2 Å². The van der Waals surface area contributed by atoms with Crippen molar-refractivity contribution >= 4 is 5.91 Å². The van der Waals surface area contributed by atoms with Crippen LogP contribution in [0.4, 0.5) is 0 Å². The van der Waals surface area contributed by atoms with E-state index in [4.69, 9.17) is 5.73 Å². The van der Waals surface area contributed by atoms with Crippen molar-refractivity contribution in [2.75, 3.05) is 26.2 Å². The van der Waals surface area contributed by atoms with Gasteiger partial charge in [-0.3, -0.25) is 9.69 Å². The van der Waals surface area contributed by atoms with Crippen LogP contribution in [0.15, 0.2) is 30.3 Å². The van der Waals surface area contributed by atoms with Crippen LogP contribution in [0.2, 0.25) is 0 Å². The number of carbonyl (C=O) groups is 1. The minimum absolute atomic E-state index is 0.0869. The number of piperidine rings is 1. The van der Waals surface area contributed by atoms with Crippen LogP contribution in [0, 0.1) is 5.92 Å². The van der Waals surface area contributed by atoms with Gasteiger partial charge in [0.1, 0.15) is 0 Å². The summed E-state index contributed by atoms with van der Waals surface area (Å²) in [4.78, 5) is 16.3. The first-order chi connectivity index (χ1) is 10.6. The van der Waals surface area contributed by atoms with Crippen molar-refractivity contribution in [3.05, 3.63) is 35.9 Å². The predicted octanol–water partition coefficient (Wildman–Crippen LogP) is 2.09. The lowest BCUT2D eigenvalue weighted by molar-refractivity contribution is -0.131. The lowest BCUT2D eigenvalue weighted by Crippen LogP contribution is -2.46. The molecule has 0 spiro atoms. The molecular formula is C18H29N3O. The number of hydrogen-bond acceptors (Lipinski definition) is 3. The molecule has 1 heterocycles. The maximum absolute atomic E-state index is 11.8. The summed E-state index contributed by atoms with van der Waals surface area (Å²) in [6.45, 7) is 8.36. The van der Waals surface area contributed by atoms with E-state index in [1.165, 1.54) is 12.0 Å². The number of amides is 1. The molecule has 1 aliphatic rings. The molecule has 1 saturated heterocycles. The van der Waals surface area contributed by atoms with E-state index in [1.54, 1.807) is 0 Å². The quantitative estimate of drug-likeness (QED) is 0.875. The van der Waals surface area contributed by atoms with Gasteiger partial charge in [0.15, 0.2) is 0 Å². The minimum atomic E-state index is 0.0869. The van der Waals surface area contributed by atoms with E-state index in [-0.39, 0.29) is 12.5 Å². The van der Waals surface area contributed by atoms with E-state index in [0.29, 0.717) is 12.0 Å². The third-order valence-electron chi connectivity index (χ3n) is 4.50. The lowest BCUT2D eigenvalue weighted by atomic mass is 9.96. The Morgan fingerprint density at radius 2 is 2.09 bits per heavy atom. The Morgan fingerprint density at radius 3 is 2.73 bits per heavy atom. The molecule has 22 heavy (non-hydrogen) atoms. The molecule has 1 amide bonds. The Morgan fingerprint density at radius 1 is 1.36 bits per heavy atom. The number of nitrogens with two attached hydrogens (primary N) is 1. The van der Waals surface area contributed by atoms with Gasteiger partial charge in [-0.25, -0.2) is 0 Å². The van der Waals surface area contributed by atoms with Crippen LogP contribution >= 0.6 is 0 Å². The number of carbonyl (C=O) groups excluding carboxylic acids is 1. The Bertz CT molecular complexity index is 461. The maximum Gasteiger partial charge on any atom is 0.236 e. The summed E-state index contributed by atoms with van der Waals surface area (Å²) in [5, 5.41) is 0. The van der Waals surface area contributed by atoms with E-state index >= 15 is 0 Å². The summed E-state index contributed by atoms with van der Waals surface area (Å²) in [5.41, 5.74) is 6.85. The first-order valence-electron chi connectivity index (χ1n) is 8.36. The molecule has 1 unspecified atom stereocenters. The molecule has 1 atom stereocenters. The molecular weight excluding hydrogens is 274 g/mol. The van der Waals surface area contributed by atoms with Crippen LogP contribution in [0.3, 0.4) is 0 Å². The predicted molar refractivity (Wildman–Crippen MR) is 90.3 cm³/mol. The lowest BCUT2D eigenvalue weighted by Gasteiger charge is -2.37. The molecule has 1 aromatic carbocycles. The van der Waals surface area contributed by atoms with Gasteiger partial charge in [0, 0.05) is 32.2 Å². The van der Waals surface area contributed by atoms with Crippen LogP contribution < -0.4 is 5.73 Å². The van der Waals surface area contributed by atoms with Crippen molar-refractivity contribution < 1.29 is 4.79 Å². The standard InChI is InChI=1S/C18H29N3O/c1-15(2)21(12-16-7-4-3-5-8-16)14-17-9-6-10-20(13-17)18(22)11-19/h3-5,7-8,15,17H,6,9-14,19H2,1-2H3. The van der Waals surface area contributed by atoms with E-state index < -0.39 is 0 Å². The highest BCUT2D eigenvalue weighted by molar-refractivity contribution is 5.78. The fourth-order valence-corrected chi connectivity index (χ4v) is 3.18. The number of likely N-dealkylation sites (tertiary alicyclic amines) is 1. The Labute approximate surface area is 134 Å². The van der Waals surface area contributed by atoms with Crippen LogP contribution in [0.1, 0.15) is 32.3 Å². The molecule has 0 aliphatic carbocycles. The largest absolute Gasteiger partial charge is 0.341 e. The topological polar surface area (TPSA) is 49.6 Å². The monoisotopic (exact) mass is 303 g/mol. The molecule has 1 aliphatic heterocycles. The van der Waals surface area contributed by atoms with E-state index in [9.17, 15) is 4.79 Å². The molecule has 1 fully saturated rings. The van der Waals surface area contributed by atoms with E-state index in [1.807, 2.05) is 4.90 Å². The molecule has 0 radical (unpaired) electrons. The smallest absolute Gasteiger partial charge is 0.236 e. The van der Waals surface area contributed by atoms with E-state index in [0.717, 1.165) is 32.6 Å². The summed E-state index contributed by atoms with van der Waals surface area (Å²) in [6.07, 6.45) is 2.29. The molecule has 0 aromatic heterocycles. The summed E-state index contributed by atoms with van der Waals surface area (Å²) in [5.74, 6) is 0.638. The summed E-state index contributed by atoms with van der Waals surface area (Å²) >= 11 is 0. The minimum Gasteiger partial charge on any atom is -0.341 e. The average molecular weight is 303 g/mol. The second-order valence-corrected chi connectivity index (χ2v) is 6.56. The summed E-state index contributed by atoms with van der Waals surface area (Å²) in [6, 6.07) is 11.1. The zero-order valence-electron chi connectivity index (χ0n) is 13.9. The Balaban J connectivity index is 1.94. The SMILES string of the molecule is CC(C)N(Cc1ccccc1)CC1CCCN(C(=O)CN)C1. The van der Waals surface area contributed by atoms with Gasteiger partial charge in [0.25, 0.3) is 0 Å². The second kappa shape index (κ2) is 8.30. The highest BCUT2D eigenvalue weighted by Gasteiger charge is 2.25. The molecule has 4 nitrogen and oxygen atoms in total.